The van der Waals surface area contributed by atoms with Crippen molar-refractivity contribution in [1.29, 1.82) is 0 Å². The predicted molar refractivity (Wildman–Crippen MR) is 251 cm³/mol. The molecule has 3 N–H and O–H groups in total. The predicted octanol–water partition coefficient (Wildman–Crippen LogP) is 5.93. The van der Waals surface area contributed by atoms with Crippen molar-refractivity contribution >= 4 is 45.8 Å². The van der Waals surface area contributed by atoms with Crippen LogP contribution in [0.1, 0.15) is 96.2 Å². The van der Waals surface area contributed by atoms with Gasteiger partial charge in [0.25, 0.3) is 5.91 Å². The van der Waals surface area contributed by atoms with Gasteiger partial charge in [0.2, 0.25) is 0 Å². The van der Waals surface area contributed by atoms with Gasteiger partial charge in [0.15, 0.2) is 0 Å². The summed E-state index contributed by atoms with van der Waals surface area (Å²) in [4.78, 5) is 59.5. The highest BCUT2D eigenvalue weighted by molar-refractivity contribution is 7.10. The number of aryl methyl sites for hydroxylation is 1. The van der Waals surface area contributed by atoms with E-state index in [1.54, 1.807) is 18.9 Å². The van der Waals surface area contributed by atoms with Crippen molar-refractivity contribution in [2.75, 3.05) is 71.5 Å². The smallest absolute Gasteiger partial charge is 0.324 e. The lowest BCUT2D eigenvalue weighted by molar-refractivity contribution is -0.156. The average Bonchev–Trinajstić information content (AvgIpc) is 3.90. The number of carbonyl (C=O) groups excluding carboxylic acids is 3. The molecule has 3 saturated heterocycles. The monoisotopic (exact) mass is 913 g/mol. The van der Waals surface area contributed by atoms with E-state index in [-0.39, 0.29) is 19.3 Å². The van der Waals surface area contributed by atoms with Crippen LogP contribution >= 0.6 is 11.3 Å². The molecule has 0 aliphatic carbocycles. The molecule has 6 atom stereocenters. The lowest BCUT2D eigenvalue weighted by Crippen LogP contribution is -2.69. The zero-order chi connectivity index (χ0) is 46.4. The number of anilines is 1. The second-order valence-electron chi connectivity index (χ2n) is 19.2. The number of esters is 1. The van der Waals surface area contributed by atoms with Crippen LogP contribution in [0.15, 0.2) is 35.8 Å². The summed E-state index contributed by atoms with van der Waals surface area (Å²) in [5, 5.41) is 18.6. The first kappa shape index (κ1) is 46.9. The number of hydrogen-bond donors (Lipinski definition) is 3. The minimum atomic E-state index is -1.21. The summed E-state index contributed by atoms with van der Waals surface area (Å²) in [6, 6.07) is 6.23. The molecule has 16 nitrogen and oxygen atoms in total. The van der Waals surface area contributed by atoms with Gasteiger partial charge in [0.05, 0.1) is 53.3 Å². The lowest BCUT2D eigenvalue weighted by Gasteiger charge is -2.52. The number of carbonyl (C=O) groups is 3. The summed E-state index contributed by atoms with van der Waals surface area (Å²) in [6.07, 6.45) is 2.16. The summed E-state index contributed by atoms with van der Waals surface area (Å²) in [5.74, 6) is -0.908. The minimum Gasteiger partial charge on any atom is -0.464 e. The number of nitrogens with one attached hydrogen (secondary N) is 2. The number of fused-ring (bicyclic) bond motifs is 6. The number of piperazine rings is 1. The van der Waals surface area contributed by atoms with E-state index in [1.165, 1.54) is 16.3 Å². The van der Waals surface area contributed by atoms with Crippen LogP contribution < -0.4 is 15.6 Å². The van der Waals surface area contributed by atoms with E-state index < -0.39 is 53.2 Å². The summed E-state index contributed by atoms with van der Waals surface area (Å²) in [7, 11) is 3.87. The van der Waals surface area contributed by atoms with Crippen molar-refractivity contribution in [3.8, 4) is 22.5 Å². The number of aliphatic hydroxyl groups is 1. The van der Waals surface area contributed by atoms with Crippen LogP contribution in [-0.2, 0) is 36.8 Å². The Balaban J connectivity index is 1.28. The van der Waals surface area contributed by atoms with Crippen molar-refractivity contribution in [1.82, 2.24) is 40.1 Å². The molecule has 3 fully saturated rings. The normalized spacial score (nSPS) is 25.2. The number of rotatable bonds is 9. The number of cyclic esters (lactones) is 1. The third-order valence-electron chi connectivity index (χ3n) is 14.1. The largest absolute Gasteiger partial charge is 0.464 e. The van der Waals surface area contributed by atoms with Crippen LogP contribution in [0, 0.1) is 5.41 Å². The fourth-order valence-corrected chi connectivity index (χ4v) is 10.7. The Kier molecular flexibility index (Phi) is 13.6. The molecular formula is C48H67N9O7S. The number of hydrogen-bond acceptors (Lipinski definition) is 13. The van der Waals surface area contributed by atoms with Gasteiger partial charge >= 0.3 is 12.0 Å². The molecule has 4 aliphatic rings. The van der Waals surface area contributed by atoms with Crippen LogP contribution in [-0.4, -0.2) is 143 Å². The third kappa shape index (κ3) is 9.11. The Morgan fingerprint density at radius 3 is 2.54 bits per heavy atom. The molecule has 7 heterocycles. The van der Waals surface area contributed by atoms with Crippen LogP contribution in [0.25, 0.3) is 33.4 Å². The molecule has 65 heavy (non-hydrogen) atoms. The van der Waals surface area contributed by atoms with Gasteiger partial charge in [-0.3, -0.25) is 19.6 Å². The highest BCUT2D eigenvalue weighted by Gasteiger charge is 2.49. The SMILES string of the molecule is CCO[C@@H]1c2nc(cs2)-c2ccc3c(c2)c(c(-c2cc(N4CCN(C)CC4)cnc2[C@H](C)OC)n3CC)CC(C)(C)COC(=O)[C@@H]2CCCN(N2)C(=O)[C@H]1NC(=O)N1CC[C@@]1(C)[C@@H](C)O. The third-order valence-corrected chi connectivity index (χ3v) is 15.0. The van der Waals surface area contributed by atoms with Gasteiger partial charge in [-0.2, -0.15) is 0 Å². The number of thiazole rings is 1. The zero-order valence-corrected chi connectivity index (χ0v) is 40.3. The number of likely N-dealkylation sites (tertiary alicyclic amines) is 1. The van der Waals surface area contributed by atoms with Crippen molar-refractivity contribution < 1.29 is 33.7 Å². The maximum absolute atomic E-state index is 14.8. The number of pyridine rings is 1. The fourth-order valence-electron chi connectivity index (χ4n) is 9.77. The van der Waals surface area contributed by atoms with Crippen LogP contribution in [0.3, 0.4) is 0 Å². The number of likely N-dealkylation sites (N-methyl/N-ethyl adjacent to an activating group) is 1. The van der Waals surface area contributed by atoms with Gasteiger partial charge in [-0.15, -0.1) is 11.3 Å². The average molecular weight is 914 g/mol. The molecule has 3 aromatic heterocycles. The molecule has 352 valence electrons. The van der Waals surface area contributed by atoms with E-state index in [4.69, 9.17) is 24.2 Å². The van der Waals surface area contributed by atoms with E-state index in [1.807, 2.05) is 32.3 Å². The topological polar surface area (TPSA) is 167 Å². The van der Waals surface area contributed by atoms with Gasteiger partial charge in [0.1, 0.15) is 23.2 Å². The van der Waals surface area contributed by atoms with E-state index in [0.717, 1.165) is 70.8 Å². The molecule has 4 aliphatic heterocycles. The first-order chi connectivity index (χ1) is 31.1. The van der Waals surface area contributed by atoms with Gasteiger partial charge < -0.3 is 43.9 Å². The van der Waals surface area contributed by atoms with E-state index in [9.17, 15) is 19.5 Å². The molecule has 3 amide bonds. The molecule has 0 radical (unpaired) electrons. The van der Waals surface area contributed by atoms with Gasteiger partial charge in [-0.25, -0.2) is 15.2 Å². The number of aliphatic hydroxyl groups excluding tert-OH is 1. The van der Waals surface area contributed by atoms with Gasteiger partial charge in [-0.1, -0.05) is 19.9 Å². The summed E-state index contributed by atoms with van der Waals surface area (Å²) in [6.45, 7) is 19.3. The molecule has 0 saturated carbocycles. The Morgan fingerprint density at radius 2 is 1.86 bits per heavy atom. The fraction of sp³-hybridized carbons (Fsp3) is 0.604. The quantitative estimate of drug-likeness (QED) is 0.170. The molecule has 6 bridgehead atoms. The number of nitrogens with zero attached hydrogens (tertiary/aromatic N) is 7. The first-order valence-electron chi connectivity index (χ1n) is 23.3. The van der Waals surface area contributed by atoms with E-state index in [2.05, 4.69) is 77.2 Å². The highest BCUT2D eigenvalue weighted by atomic mass is 32.1. The Bertz CT molecular complexity index is 2390. The Labute approximate surface area is 386 Å². The van der Waals surface area contributed by atoms with Crippen LogP contribution in [0.5, 0.6) is 0 Å². The molecule has 8 rings (SSSR count). The summed E-state index contributed by atoms with van der Waals surface area (Å²) >= 11 is 1.37. The zero-order valence-electron chi connectivity index (χ0n) is 39.5. The maximum Gasteiger partial charge on any atom is 0.324 e. The highest BCUT2D eigenvalue weighted by Crippen LogP contribution is 2.44. The van der Waals surface area contributed by atoms with Crippen molar-refractivity contribution in [3.63, 3.8) is 0 Å². The van der Waals surface area contributed by atoms with Gasteiger partial charge in [-0.05, 0) is 91.1 Å². The molecule has 0 spiro atoms. The number of ether oxygens (including phenoxy) is 3. The Morgan fingerprint density at radius 1 is 1.09 bits per heavy atom. The Hall–Kier alpha value is -4.65. The first-order valence-corrected chi connectivity index (χ1v) is 24.1. The molecule has 0 unspecified atom stereocenters. The van der Waals surface area contributed by atoms with E-state index in [0.29, 0.717) is 56.0 Å². The minimum absolute atomic E-state index is 0.134. The lowest BCUT2D eigenvalue weighted by atomic mass is 9.82. The van der Waals surface area contributed by atoms with Crippen molar-refractivity contribution in [2.24, 2.45) is 5.41 Å². The molecular weight excluding hydrogens is 847 g/mol. The standard InChI is InChI=1S/C48H67N9O7S/c1-10-55-38-15-14-31-23-33(38)35(41(55)34-24-32(26-49-39(34)29(3)62-9)54-21-19-53(8)20-22-54)25-47(5,6)28-64-45(60)36-13-12-17-57(52-36)44(59)40(42(63-11-2)43-50-37(31)27-65-43)51-46(61)56-18-16-48(56,7)30(4)58/h14-15,23-24,26-27,29-30,36,40,42,52,58H,10-13,16-22,25,28H2,1-9H3,(H,51,61)/t29-,30+,36-,40-,42-,48-/m0/s1. The maximum atomic E-state index is 14.8. The van der Waals surface area contributed by atoms with Gasteiger partial charge in [0, 0.05) is 92.4 Å². The number of aromatic nitrogens is 3. The number of benzene rings is 1. The van der Waals surface area contributed by atoms with E-state index >= 15 is 0 Å². The summed E-state index contributed by atoms with van der Waals surface area (Å²) in [5.41, 5.74) is 9.61. The molecule has 1 aromatic carbocycles. The number of methoxy groups -OCH3 is 1. The second-order valence-corrected chi connectivity index (χ2v) is 20.1. The number of amides is 3. The molecule has 17 heteroatoms. The number of urea groups is 1. The molecule has 4 aromatic rings. The van der Waals surface area contributed by atoms with Crippen LogP contribution in [0.2, 0.25) is 0 Å². The van der Waals surface area contributed by atoms with Crippen molar-refractivity contribution in [2.45, 2.75) is 117 Å². The van der Waals surface area contributed by atoms with Crippen LogP contribution in [0.4, 0.5) is 10.5 Å². The van der Waals surface area contributed by atoms with Crippen molar-refractivity contribution in [3.05, 3.63) is 52.1 Å². The number of hydrazine groups is 1. The second kappa shape index (κ2) is 18.9. The summed E-state index contributed by atoms with van der Waals surface area (Å²) < 4.78 is 20.9.